The van der Waals surface area contributed by atoms with Crippen molar-refractivity contribution in [1.29, 1.82) is 0 Å². The normalized spacial score (nSPS) is 44.4. The van der Waals surface area contributed by atoms with Gasteiger partial charge in [-0.2, -0.15) is 0 Å². The molecule has 24 heteroatoms. The number of aliphatic hydroxyl groups excluding tert-OH is 9. The Labute approximate surface area is 319 Å². The molecule has 0 aromatic heterocycles. The van der Waals surface area contributed by atoms with Crippen LogP contribution in [0.2, 0.25) is 0 Å². The topological polar surface area (TPSA) is 360 Å². The van der Waals surface area contributed by atoms with Crippen LogP contribution >= 0.6 is 0 Å². The van der Waals surface area contributed by atoms with Crippen LogP contribution in [-0.4, -0.2) is 219 Å². The Balaban J connectivity index is 1.79. The van der Waals surface area contributed by atoms with E-state index in [2.05, 4.69) is 16.0 Å². The lowest BCUT2D eigenvalue weighted by atomic mass is 9.93. The Bertz CT molecular complexity index is 1320. The molecule has 0 bridgehead atoms. The fourth-order valence-electron chi connectivity index (χ4n) is 6.94. The zero-order valence-electron chi connectivity index (χ0n) is 30.9. The van der Waals surface area contributed by atoms with E-state index >= 15 is 0 Å². The fourth-order valence-corrected chi connectivity index (χ4v) is 6.94. The van der Waals surface area contributed by atoms with Gasteiger partial charge in [0.15, 0.2) is 25.2 Å². The summed E-state index contributed by atoms with van der Waals surface area (Å²) in [5, 5.41) is 103. The fraction of sp³-hybridized carbons (Fsp3) is 0.875. The average molecular weight is 816 g/mol. The maximum atomic E-state index is 12.6. The van der Waals surface area contributed by atoms with Gasteiger partial charge in [-0.05, 0) is 6.92 Å². The lowest BCUT2D eigenvalue weighted by Gasteiger charge is -2.51. The predicted octanol–water partition coefficient (Wildman–Crippen LogP) is -8.07. The Kier molecular flexibility index (Phi) is 16.8. The zero-order valence-corrected chi connectivity index (χ0v) is 30.9. The van der Waals surface area contributed by atoms with E-state index in [4.69, 9.17) is 37.9 Å². The van der Waals surface area contributed by atoms with Gasteiger partial charge in [0.1, 0.15) is 104 Å². The van der Waals surface area contributed by atoms with Crippen molar-refractivity contribution in [3.05, 3.63) is 0 Å². The van der Waals surface area contributed by atoms with Crippen molar-refractivity contribution in [1.82, 2.24) is 16.0 Å². The zero-order chi connectivity index (χ0) is 41.6. The molecule has 4 heterocycles. The monoisotopic (exact) mass is 815 g/mol. The van der Waals surface area contributed by atoms with Crippen molar-refractivity contribution in [2.75, 3.05) is 26.4 Å². The maximum absolute atomic E-state index is 12.6. The largest absolute Gasteiger partial charge is 0.394 e. The van der Waals surface area contributed by atoms with Gasteiger partial charge in [-0.3, -0.25) is 14.4 Å². The quantitative estimate of drug-likeness (QED) is 0.0683. The number of carbonyl (C=O) groups is 4. The predicted molar refractivity (Wildman–Crippen MR) is 177 cm³/mol. The second kappa shape index (κ2) is 20.4. The van der Waals surface area contributed by atoms with E-state index in [0.29, 0.717) is 6.29 Å². The first kappa shape index (κ1) is 46.1. The summed E-state index contributed by atoms with van der Waals surface area (Å²) in [7, 11) is 0. The number of hydrogen-bond acceptors (Lipinski definition) is 21. The molecule has 0 aromatic rings. The van der Waals surface area contributed by atoms with Gasteiger partial charge >= 0.3 is 0 Å². The molecular weight excluding hydrogens is 762 g/mol. The molecular formula is C32H53N3O21. The summed E-state index contributed by atoms with van der Waals surface area (Å²) in [6, 6.07) is -4.55. The minimum Gasteiger partial charge on any atom is -0.394 e. The number of aldehydes is 1. The van der Waals surface area contributed by atoms with E-state index in [0.717, 1.165) is 20.8 Å². The number of rotatable bonds is 15. The standard InChI is InChI=1S/C32H53N3O21/c1-10-20(43)25(48)28(56-31-18(34-12(3)41)24(47)22(45)15(8-38)52-31)32(50-10)55-27-19(35-13(4)42)29(49-6-5-36)53-16(9-39)26(27)54-30-17(33-11(2)40)23(46)21(44)14(7-37)51-30/h5,10,14-32,37-39,43-48H,6-9H2,1-4H3,(H,33,40)(H,34,41)(H,35,42)/t10-,14-,15+,16-,17-,18+,19-,20+,21+,22-,23-,24+,25+,26-,27-,28-,29-,30+,31+,32-/m1/s1. The summed E-state index contributed by atoms with van der Waals surface area (Å²) < 4.78 is 47.4. The minimum absolute atomic E-state index is 0.366. The van der Waals surface area contributed by atoms with E-state index in [-0.39, 0.29) is 0 Å². The van der Waals surface area contributed by atoms with E-state index in [1.807, 2.05) is 0 Å². The molecule has 0 aromatic carbocycles. The Hall–Kier alpha value is -2.60. The number of amides is 3. The van der Waals surface area contributed by atoms with Crippen LogP contribution in [0, 0.1) is 0 Å². The molecule has 0 aliphatic carbocycles. The van der Waals surface area contributed by atoms with Gasteiger partial charge in [-0.15, -0.1) is 0 Å². The van der Waals surface area contributed by atoms with Crippen LogP contribution in [-0.2, 0) is 57.1 Å². The summed E-state index contributed by atoms with van der Waals surface area (Å²) in [6.07, 6.45) is -28.0. The lowest BCUT2D eigenvalue weighted by Crippen LogP contribution is -2.71. The summed E-state index contributed by atoms with van der Waals surface area (Å²) >= 11 is 0. The van der Waals surface area contributed by atoms with Crippen molar-refractivity contribution in [3.63, 3.8) is 0 Å². The second-order valence-corrected chi connectivity index (χ2v) is 13.8. The highest BCUT2D eigenvalue weighted by molar-refractivity contribution is 5.74. The van der Waals surface area contributed by atoms with Gasteiger partial charge in [-0.25, -0.2) is 0 Å². The summed E-state index contributed by atoms with van der Waals surface area (Å²) in [5.41, 5.74) is 0. The highest BCUT2D eigenvalue weighted by atomic mass is 16.8. The third-order valence-corrected chi connectivity index (χ3v) is 9.68. The van der Waals surface area contributed by atoms with Gasteiger partial charge in [0.25, 0.3) is 0 Å². The van der Waals surface area contributed by atoms with Gasteiger partial charge in [0, 0.05) is 20.8 Å². The van der Waals surface area contributed by atoms with Gasteiger partial charge in [0.2, 0.25) is 17.7 Å². The van der Waals surface area contributed by atoms with Crippen LogP contribution in [0.25, 0.3) is 0 Å². The van der Waals surface area contributed by atoms with Gasteiger partial charge in [-0.1, -0.05) is 0 Å². The molecule has 0 saturated carbocycles. The first-order valence-corrected chi connectivity index (χ1v) is 17.8. The molecule has 0 radical (unpaired) electrons. The van der Waals surface area contributed by atoms with Gasteiger partial charge in [0.05, 0.1) is 25.9 Å². The van der Waals surface area contributed by atoms with E-state index in [1.54, 1.807) is 0 Å². The molecule has 4 aliphatic heterocycles. The minimum atomic E-state index is -1.90. The number of nitrogens with one attached hydrogen (secondary N) is 3. The van der Waals surface area contributed by atoms with Gasteiger partial charge < -0.3 is 105 Å². The number of aliphatic hydroxyl groups is 9. The smallest absolute Gasteiger partial charge is 0.217 e. The van der Waals surface area contributed by atoms with Crippen molar-refractivity contribution in [2.45, 2.75) is 150 Å². The maximum Gasteiger partial charge on any atom is 0.217 e. The molecule has 0 spiro atoms. The first-order valence-electron chi connectivity index (χ1n) is 17.8. The number of carbonyl (C=O) groups excluding carboxylic acids is 4. The molecule has 3 amide bonds. The van der Waals surface area contributed by atoms with Crippen molar-refractivity contribution in [3.8, 4) is 0 Å². The highest BCUT2D eigenvalue weighted by Gasteiger charge is 2.56. The third-order valence-electron chi connectivity index (χ3n) is 9.68. The lowest BCUT2D eigenvalue weighted by molar-refractivity contribution is -0.382. The molecule has 4 rings (SSSR count). The molecule has 4 saturated heterocycles. The Morgan fingerprint density at radius 2 is 0.964 bits per heavy atom. The Morgan fingerprint density at radius 3 is 1.41 bits per heavy atom. The van der Waals surface area contributed by atoms with Crippen molar-refractivity contribution >= 4 is 24.0 Å². The van der Waals surface area contributed by atoms with E-state index in [9.17, 15) is 65.1 Å². The van der Waals surface area contributed by atoms with Crippen LogP contribution in [0.4, 0.5) is 0 Å². The second-order valence-electron chi connectivity index (χ2n) is 13.8. The number of ether oxygens (including phenoxy) is 8. The highest BCUT2D eigenvalue weighted by Crippen LogP contribution is 2.36. The summed E-state index contributed by atoms with van der Waals surface area (Å²) in [6.45, 7) is 1.51. The summed E-state index contributed by atoms with van der Waals surface area (Å²) in [5.74, 6) is -2.12. The SMILES string of the molecule is CC(=O)N[C@@H]1[C@H](O[C@H]2[C@@H](O[C@@H]3[C@@H](NC(C)=O)[C@H](OCC=O)O[C@H](CO)[C@H]3O[C@@H]3O[C@H](CO)[C@H](O)[C@H](O)[C@H]3NC(C)=O)O[C@H](C)[C@H](O)[C@@H]2O)O[C@@H](CO)[C@@H](O)[C@H]1O. The van der Waals surface area contributed by atoms with Crippen LogP contribution in [0.3, 0.4) is 0 Å². The molecule has 56 heavy (non-hydrogen) atoms. The van der Waals surface area contributed by atoms with Crippen LogP contribution in [0.1, 0.15) is 27.7 Å². The third kappa shape index (κ3) is 10.5. The summed E-state index contributed by atoms with van der Waals surface area (Å²) in [4.78, 5) is 48.2. The number of hydrogen-bond donors (Lipinski definition) is 12. The molecule has 12 N–H and O–H groups in total. The molecule has 24 nitrogen and oxygen atoms in total. The average Bonchev–Trinajstić information content (AvgIpc) is 3.14. The molecule has 4 fully saturated rings. The van der Waals surface area contributed by atoms with Crippen LogP contribution in [0.5, 0.6) is 0 Å². The van der Waals surface area contributed by atoms with E-state index in [1.165, 1.54) is 6.92 Å². The first-order chi connectivity index (χ1) is 26.5. The molecule has 20 atom stereocenters. The Morgan fingerprint density at radius 1 is 0.536 bits per heavy atom. The molecule has 322 valence electrons. The van der Waals surface area contributed by atoms with E-state index < -0.39 is 167 Å². The van der Waals surface area contributed by atoms with Crippen LogP contribution in [0.15, 0.2) is 0 Å². The van der Waals surface area contributed by atoms with Crippen molar-refractivity contribution < 1.29 is 103 Å². The molecule has 0 unspecified atom stereocenters. The van der Waals surface area contributed by atoms with Crippen LogP contribution < -0.4 is 16.0 Å². The molecule has 4 aliphatic rings. The van der Waals surface area contributed by atoms with Crippen molar-refractivity contribution in [2.24, 2.45) is 0 Å².